The Balaban J connectivity index is 1.72. The van der Waals surface area contributed by atoms with E-state index >= 15 is 0 Å². The molecule has 0 aliphatic rings. The van der Waals surface area contributed by atoms with Crippen molar-refractivity contribution >= 4 is 35.0 Å². The lowest BCUT2D eigenvalue weighted by Gasteiger charge is -2.11. The van der Waals surface area contributed by atoms with Gasteiger partial charge in [0.05, 0.1) is 22.5 Å². The summed E-state index contributed by atoms with van der Waals surface area (Å²) in [5.41, 5.74) is 1.06. The molecule has 1 aromatic heterocycles. The number of halogens is 2. The number of pyridine rings is 1. The molecule has 10 heteroatoms. The quantitative estimate of drug-likeness (QED) is 0.562. The molecule has 2 rings (SSSR count). The van der Waals surface area contributed by atoms with Gasteiger partial charge in [-0.25, -0.2) is 4.39 Å². The first-order chi connectivity index (χ1) is 14.2. The Morgan fingerprint density at radius 1 is 1.23 bits per heavy atom. The van der Waals surface area contributed by atoms with Gasteiger partial charge in [0.2, 0.25) is 5.91 Å². The maximum atomic E-state index is 13.3. The molecule has 3 N–H and O–H groups in total. The van der Waals surface area contributed by atoms with Gasteiger partial charge >= 0.3 is 0 Å². The first-order valence-corrected chi connectivity index (χ1v) is 9.18. The van der Waals surface area contributed by atoms with Gasteiger partial charge in [0.25, 0.3) is 11.8 Å². The van der Waals surface area contributed by atoms with Crippen molar-refractivity contribution in [2.24, 2.45) is 0 Å². The average molecular weight is 435 g/mol. The summed E-state index contributed by atoms with van der Waals surface area (Å²) in [5.74, 6) is -1.62. The maximum Gasteiger partial charge on any atom is 0.262 e. The lowest BCUT2D eigenvalue weighted by molar-refractivity contribution is -0.122. The molecule has 2 aromatic rings. The Morgan fingerprint density at radius 2 is 2.00 bits per heavy atom. The third-order valence-corrected chi connectivity index (χ3v) is 3.92. The fourth-order valence-corrected chi connectivity index (χ4v) is 2.39. The van der Waals surface area contributed by atoms with Gasteiger partial charge in [0, 0.05) is 37.8 Å². The number of hydrogen-bond acceptors (Lipinski definition) is 5. The molecular formula is C20H20ClFN4O4. The first-order valence-electron chi connectivity index (χ1n) is 8.81. The molecule has 0 fully saturated rings. The van der Waals surface area contributed by atoms with Crippen molar-refractivity contribution in [3.63, 3.8) is 0 Å². The van der Waals surface area contributed by atoms with Crippen LogP contribution in [0.4, 0.5) is 10.1 Å². The van der Waals surface area contributed by atoms with E-state index in [9.17, 15) is 18.8 Å². The molecular weight excluding hydrogens is 415 g/mol. The lowest BCUT2D eigenvalue weighted by Crippen LogP contribution is -2.31. The van der Waals surface area contributed by atoms with Gasteiger partial charge in [0.1, 0.15) is 11.6 Å². The van der Waals surface area contributed by atoms with E-state index in [-0.39, 0.29) is 47.7 Å². The van der Waals surface area contributed by atoms with Crippen molar-refractivity contribution in [1.29, 1.82) is 0 Å². The van der Waals surface area contributed by atoms with E-state index < -0.39 is 11.7 Å². The van der Waals surface area contributed by atoms with E-state index in [1.165, 1.54) is 37.5 Å². The Hall–Kier alpha value is -3.46. The smallest absolute Gasteiger partial charge is 0.262 e. The summed E-state index contributed by atoms with van der Waals surface area (Å²) in [7, 11) is 0. The SMILES string of the molecule is C=C(CCNC(=O)c1cncc(NC(C)=O)c1)NC(=O)COc1ccc(Cl)c(F)c1. The van der Waals surface area contributed by atoms with E-state index in [0.29, 0.717) is 11.4 Å². The van der Waals surface area contributed by atoms with Crippen LogP contribution in [-0.2, 0) is 9.59 Å². The highest BCUT2D eigenvalue weighted by atomic mass is 35.5. The summed E-state index contributed by atoms with van der Waals surface area (Å²) >= 11 is 5.58. The maximum absolute atomic E-state index is 13.3. The number of carbonyl (C=O) groups excluding carboxylic acids is 3. The van der Waals surface area contributed by atoms with Crippen LogP contribution < -0.4 is 20.7 Å². The second-order valence-electron chi connectivity index (χ2n) is 6.17. The van der Waals surface area contributed by atoms with Crippen molar-refractivity contribution in [2.45, 2.75) is 13.3 Å². The fourth-order valence-electron chi connectivity index (χ4n) is 2.28. The summed E-state index contributed by atoms with van der Waals surface area (Å²) in [6.45, 7) is 4.94. The molecule has 0 saturated carbocycles. The highest BCUT2D eigenvalue weighted by Gasteiger charge is 2.09. The molecule has 3 amide bonds. The van der Waals surface area contributed by atoms with Crippen molar-refractivity contribution < 1.29 is 23.5 Å². The van der Waals surface area contributed by atoms with Crippen LogP contribution in [0.25, 0.3) is 0 Å². The number of amides is 3. The molecule has 0 aliphatic heterocycles. The summed E-state index contributed by atoms with van der Waals surface area (Å²) < 4.78 is 18.5. The van der Waals surface area contributed by atoms with Gasteiger partial charge < -0.3 is 20.7 Å². The topological polar surface area (TPSA) is 109 Å². The van der Waals surface area contributed by atoms with E-state index in [1.54, 1.807) is 0 Å². The highest BCUT2D eigenvalue weighted by Crippen LogP contribution is 2.20. The number of benzene rings is 1. The minimum atomic E-state index is -0.646. The zero-order chi connectivity index (χ0) is 22.1. The molecule has 0 radical (unpaired) electrons. The molecule has 158 valence electrons. The number of rotatable bonds is 9. The summed E-state index contributed by atoms with van der Waals surface area (Å²) in [4.78, 5) is 39.0. The highest BCUT2D eigenvalue weighted by molar-refractivity contribution is 6.30. The van der Waals surface area contributed by atoms with Gasteiger partial charge in [-0.3, -0.25) is 19.4 Å². The summed E-state index contributed by atoms with van der Waals surface area (Å²) in [5, 5.41) is 7.70. The molecule has 0 atom stereocenters. The predicted molar refractivity (Wildman–Crippen MR) is 110 cm³/mol. The van der Waals surface area contributed by atoms with Gasteiger partial charge in [-0.05, 0) is 18.2 Å². The number of nitrogens with zero attached hydrogens (tertiary/aromatic N) is 1. The zero-order valence-corrected chi connectivity index (χ0v) is 16.9. The molecule has 0 unspecified atom stereocenters. The van der Waals surface area contributed by atoms with Crippen LogP contribution in [0.2, 0.25) is 5.02 Å². The van der Waals surface area contributed by atoms with E-state index in [4.69, 9.17) is 16.3 Å². The van der Waals surface area contributed by atoms with Crippen LogP contribution in [0.3, 0.4) is 0 Å². The van der Waals surface area contributed by atoms with Crippen LogP contribution in [0.5, 0.6) is 5.75 Å². The Kier molecular flexibility index (Phi) is 8.30. The van der Waals surface area contributed by atoms with Crippen LogP contribution in [0.1, 0.15) is 23.7 Å². The predicted octanol–water partition coefficient (Wildman–Crippen LogP) is 2.66. The second-order valence-corrected chi connectivity index (χ2v) is 6.57. The number of ether oxygens (including phenoxy) is 1. The largest absolute Gasteiger partial charge is 0.484 e. The molecule has 0 saturated heterocycles. The van der Waals surface area contributed by atoms with Crippen LogP contribution in [0, 0.1) is 5.82 Å². The standard InChI is InChI=1S/C20H20ClFN4O4/c1-12(25-19(28)11-30-16-3-4-17(21)18(22)8-16)5-6-24-20(29)14-7-15(10-23-9-14)26-13(2)27/h3-4,7-10H,1,5-6,11H2,2H3,(H,24,29)(H,25,28)(H,26,27). The summed E-state index contributed by atoms with van der Waals surface area (Å²) in [6, 6.07) is 5.35. The molecule has 1 heterocycles. The second kappa shape index (κ2) is 10.9. The van der Waals surface area contributed by atoms with Gasteiger partial charge in [-0.2, -0.15) is 0 Å². The fraction of sp³-hybridized carbons (Fsp3) is 0.200. The summed E-state index contributed by atoms with van der Waals surface area (Å²) in [6.07, 6.45) is 3.08. The van der Waals surface area contributed by atoms with Gasteiger partial charge in [-0.15, -0.1) is 0 Å². The van der Waals surface area contributed by atoms with Crippen molar-refractivity contribution in [3.8, 4) is 5.75 Å². The molecule has 0 bridgehead atoms. The average Bonchev–Trinajstić information content (AvgIpc) is 2.68. The van der Waals surface area contributed by atoms with Gasteiger partial charge in [0.15, 0.2) is 6.61 Å². The van der Waals surface area contributed by atoms with E-state index in [0.717, 1.165) is 6.07 Å². The van der Waals surface area contributed by atoms with Crippen LogP contribution >= 0.6 is 11.6 Å². The van der Waals surface area contributed by atoms with Gasteiger partial charge in [-0.1, -0.05) is 18.2 Å². The number of hydrogen-bond donors (Lipinski definition) is 3. The number of nitrogens with one attached hydrogen (secondary N) is 3. The Morgan fingerprint density at radius 3 is 2.70 bits per heavy atom. The normalized spacial score (nSPS) is 10.1. The van der Waals surface area contributed by atoms with E-state index in [2.05, 4.69) is 27.5 Å². The van der Waals surface area contributed by atoms with Crippen LogP contribution in [0.15, 0.2) is 48.9 Å². The Labute approximate surface area is 177 Å². The van der Waals surface area contributed by atoms with Crippen molar-refractivity contribution in [3.05, 3.63) is 65.3 Å². The molecule has 1 aromatic carbocycles. The minimum Gasteiger partial charge on any atom is -0.484 e. The molecule has 8 nitrogen and oxygen atoms in total. The third kappa shape index (κ3) is 7.51. The van der Waals surface area contributed by atoms with Crippen molar-refractivity contribution in [2.75, 3.05) is 18.5 Å². The lowest BCUT2D eigenvalue weighted by atomic mass is 10.2. The minimum absolute atomic E-state index is 0.0418. The van der Waals surface area contributed by atoms with Crippen LogP contribution in [-0.4, -0.2) is 35.9 Å². The zero-order valence-electron chi connectivity index (χ0n) is 16.1. The molecule has 0 spiro atoms. The molecule has 0 aliphatic carbocycles. The first kappa shape index (κ1) is 22.8. The number of carbonyl (C=O) groups is 3. The monoisotopic (exact) mass is 434 g/mol. The van der Waals surface area contributed by atoms with Crippen molar-refractivity contribution in [1.82, 2.24) is 15.6 Å². The Bertz CT molecular complexity index is 968. The molecule has 30 heavy (non-hydrogen) atoms. The number of aromatic nitrogens is 1. The third-order valence-electron chi connectivity index (χ3n) is 3.61. The number of anilines is 1. The van der Waals surface area contributed by atoms with E-state index in [1.807, 2.05) is 0 Å².